The molecule has 3 aromatic carbocycles. The zero-order valence-corrected chi connectivity index (χ0v) is 24.3. The fraction of sp³-hybridized carbons (Fsp3) is 0.226. The predicted molar refractivity (Wildman–Crippen MR) is 163 cm³/mol. The summed E-state index contributed by atoms with van der Waals surface area (Å²) >= 11 is 3.44. The van der Waals surface area contributed by atoms with Crippen molar-refractivity contribution in [2.75, 3.05) is 19.0 Å². The van der Waals surface area contributed by atoms with Gasteiger partial charge in [-0.2, -0.15) is 9.78 Å². The molecule has 0 unspecified atom stereocenters. The Morgan fingerprint density at radius 3 is 2.67 bits per heavy atom. The number of hydrogen-bond acceptors (Lipinski definition) is 6. The van der Waals surface area contributed by atoms with Crippen LogP contribution in [0.2, 0.25) is 0 Å². The predicted octanol–water partition coefficient (Wildman–Crippen LogP) is 6.31. The Morgan fingerprint density at radius 1 is 1.20 bits per heavy atom. The summed E-state index contributed by atoms with van der Waals surface area (Å²) in [5, 5.41) is 7.84. The van der Waals surface area contributed by atoms with Gasteiger partial charge in [0.1, 0.15) is 5.82 Å². The molecule has 4 aromatic rings. The number of anilines is 1. The van der Waals surface area contributed by atoms with Crippen molar-refractivity contribution in [3.05, 3.63) is 105 Å². The van der Waals surface area contributed by atoms with Crippen molar-refractivity contribution in [3.8, 4) is 11.5 Å². The minimum atomic E-state index is -0.296. The van der Waals surface area contributed by atoms with Gasteiger partial charge in [-0.1, -0.05) is 54.1 Å². The molecule has 0 aliphatic carbocycles. The lowest BCUT2D eigenvalue weighted by atomic mass is 10.1. The number of carbonyl (C=O) groups excluding carboxylic acids is 1. The van der Waals surface area contributed by atoms with E-state index in [4.69, 9.17) is 14.5 Å². The summed E-state index contributed by atoms with van der Waals surface area (Å²) in [6.07, 6.45) is 4.60. The molecule has 0 radical (unpaired) electrons. The van der Waals surface area contributed by atoms with Gasteiger partial charge in [-0.05, 0) is 60.9 Å². The highest BCUT2D eigenvalue weighted by Crippen LogP contribution is 2.33. The van der Waals surface area contributed by atoms with Gasteiger partial charge in [-0.15, -0.1) is 6.58 Å². The fourth-order valence-electron chi connectivity index (χ4n) is 4.14. The topological polar surface area (TPSA) is 94.8 Å². The fourth-order valence-corrected chi connectivity index (χ4v) is 4.50. The standard InChI is InChI=1S/C31H31BrN4O4/c1-5-10-22-15-21(16-27(39-4)29(22)40-19-28(37)34-24-11-8-7-9-12-24)18-33-36-30(20(3)6-2)35-26-14-13-23(32)17-25(26)31(36)38/h5,7-9,11-18,20H,1,6,10,19H2,2-4H3,(H,34,37)/t20-/m1/s1. The van der Waals surface area contributed by atoms with Gasteiger partial charge in [0.2, 0.25) is 0 Å². The van der Waals surface area contributed by atoms with E-state index >= 15 is 0 Å². The molecule has 1 N–H and O–H groups in total. The summed E-state index contributed by atoms with van der Waals surface area (Å²) in [4.78, 5) is 30.7. The van der Waals surface area contributed by atoms with Crippen LogP contribution in [0.1, 0.15) is 43.1 Å². The number of nitrogens with one attached hydrogen (secondary N) is 1. The number of allylic oxidation sites excluding steroid dienone is 1. The molecule has 0 bridgehead atoms. The number of benzene rings is 3. The normalized spacial score (nSPS) is 11.9. The SMILES string of the molecule is C=CCc1cc(C=Nn2c([C@H](C)CC)nc3ccc(Br)cc3c2=O)cc(OC)c1OCC(=O)Nc1ccccc1. The van der Waals surface area contributed by atoms with Gasteiger partial charge in [0.25, 0.3) is 11.5 Å². The van der Waals surface area contributed by atoms with E-state index in [0.717, 1.165) is 16.5 Å². The van der Waals surface area contributed by atoms with Gasteiger partial charge >= 0.3 is 0 Å². The molecule has 8 nitrogen and oxygen atoms in total. The van der Waals surface area contributed by atoms with Gasteiger partial charge in [0.15, 0.2) is 18.1 Å². The van der Waals surface area contributed by atoms with Crippen LogP contribution in [0.3, 0.4) is 0 Å². The van der Waals surface area contributed by atoms with Crippen molar-refractivity contribution >= 4 is 44.6 Å². The van der Waals surface area contributed by atoms with Crippen molar-refractivity contribution in [1.29, 1.82) is 0 Å². The van der Waals surface area contributed by atoms with Crippen LogP contribution in [0.5, 0.6) is 11.5 Å². The number of ether oxygens (including phenoxy) is 2. The lowest BCUT2D eigenvalue weighted by molar-refractivity contribution is -0.118. The number of carbonyl (C=O) groups is 1. The zero-order chi connectivity index (χ0) is 28.6. The quantitative estimate of drug-likeness (QED) is 0.160. The maximum absolute atomic E-state index is 13.5. The summed E-state index contributed by atoms with van der Waals surface area (Å²) in [6.45, 7) is 7.71. The van der Waals surface area contributed by atoms with E-state index in [1.54, 1.807) is 36.6 Å². The van der Waals surface area contributed by atoms with Crippen LogP contribution in [0.15, 0.2) is 87.7 Å². The van der Waals surface area contributed by atoms with Crippen molar-refractivity contribution in [2.45, 2.75) is 32.6 Å². The second-order valence-corrected chi connectivity index (χ2v) is 10.1. The van der Waals surface area contributed by atoms with E-state index < -0.39 is 0 Å². The minimum Gasteiger partial charge on any atom is -0.493 e. The van der Waals surface area contributed by atoms with Crippen LogP contribution in [-0.4, -0.2) is 35.5 Å². The van der Waals surface area contributed by atoms with Gasteiger partial charge in [-0.25, -0.2) is 4.98 Å². The first-order valence-corrected chi connectivity index (χ1v) is 13.7. The Kier molecular flexibility index (Phi) is 9.50. The molecule has 0 spiro atoms. The van der Waals surface area contributed by atoms with Crippen LogP contribution in [0.4, 0.5) is 5.69 Å². The Morgan fingerprint density at radius 2 is 1.98 bits per heavy atom. The van der Waals surface area contributed by atoms with Crippen LogP contribution >= 0.6 is 15.9 Å². The minimum absolute atomic E-state index is 0.0153. The van der Waals surface area contributed by atoms with Crippen LogP contribution in [-0.2, 0) is 11.2 Å². The highest BCUT2D eigenvalue weighted by atomic mass is 79.9. The molecule has 1 aromatic heterocycles. The Bertz CT molecular complexity index is 1620. The van der Waals surface area contributed by atoms with Crippen molar-refractivity contribution < 1.29 is 14.3 Å². The first-order valence-electron chi connectivity index (χ1n) is 12.9. The first kappa shape index (κ1) is 28.8. The molecule has 0 aliphatic heterocycles. The number of fused-ring (bicyclic) bond motifs is 1. The van der Waals surface area contributed by atoms with Crippen molar-refractivity contribution in [1.82, 2.24) is 9.66 Å². The molecule has 0 fully saturated rings. The monoisotopic (exact) mass is 602 g/mol. The number of aromatic nitrogens is 2. The number of amides is 1. The number of hydrogen-bond donors (Lipinski definition) is 1. The molecule has 1 heterocycles. The van der Waals surface area contributed by atoms with Crippen LogP contribution < -0.4 is 20.3 Å². The van der Waals surface area contributed by atoms with Gasteiger partial charge in [0.05, 0.1) is 24.2 Å². The summed E-state index contributed by atoms with van der Waals surface area (Å²) in [5.41, 5.74) is 2.51. The molecule has 4 rings (SSSR count). The largest absolute Gasteiger partial charge is 0.493 e. The summed E-state index contributed by atoms with van der Waals surface area (Å²) < 4.78 is 13.7. The van der Waals surface area contributed by atoms with Gasteiger partial charge in [-0.3, -0.25) is 9.59 Å². The van der Waals surface area contributed by atoms with E-state index in [9.17, 15) is 9.59 Å². The van der Waals surface area contributed by atoms with Gasteiger partial charge < -0.3 is 14.8 Å². The first-order chi connectivity index (χ1) is 19.3. The molecule has 1 amide bonds. The van der Waals surface area contributed by atoms with E-state index in [1.165, 1.54) is 11.8 Å². The number of rotatable bonds is 11. The van der Waals surface area contributed by atoms with Gasteiger partial charge in [0, 0.05) is 21.6 Å². The van der Waals surface area contributed by atoms with Crippen molar-refractivity contribution in [2.24, 2.45) is 5.10 Å². The maximum Gasteiger partial charge on any atom is 0.282 e. The highest BCUT2D eigenvalue weighted by molar-refractivity contribution is 9.10. The molecule has 0 saturated heterocycles. The smallest absolute Gasteiger partial charge is 0.282 e. The van der Waals surface area contributed by atoms with E-state index in [0.29, 0.717) is 45.9 Å². The number of para-hydroxylation sites is 1. The summed E-state index contributed by atoms with van der Waals surface area (Å²) in [6, 6.07) is 18.2. The number of halogens is 1. The maximum atomic E-state index is 13.5. The molecule has 40 heavy (non-hydrogen) atoms. The zero-order valence-electron chi connectivity index (χ0n) is 22.7. The molecule has 9 heteroatoms. The van der Waals surface area contributed by atoms with E-state index in [-0.39, 0.29) is 24.0 Å². The lowest BCUT2D eigenvalue weighted by Gasteiger charge is -2.16. The molecule has 1 atom stereocenters. The summed E-state index contributed by atoms with van der Waals surface area (Å²) in [5.74, 6) is 1.18. The number of nitrogens with zero attached hydrogens (tertiary/aromatic N) is 3. The molecular weight excluding hydrogens is 572 g/mol. The van der Waals surface area contributed by atoms with Crippen LogP contribution in [0.25, 0.3) is 10.9 Å². The third-order valence-corrected chi connectivity index (χ3v) is 6.85. The molecule has 206 valence electrons. The summed E-state index contributed by atoms with van der Waals surface area (Å²) in [7, 11) is 1.53. The Labute approximate surface area is 241 Å². The van der Waals surface area contributed by atoms with E-state index in [1.807, 2.05) is 50.2 Å². The van der Waals surface area contributed by atoms with Crippen molar-refractivity contribution in [3.63, 3.8) is 0 Å². The molecular formula is C31H31BrN4O4. The Hall–Kier alpha value is -4.24. The van der Waals surface area contributed by atoms with E-state index in [2.05, 4.69) is 32.9 Å². The molecule has 0 aliphatic rings. The lowest BCUT2D eigenvalue weighted by Crippen LogP contribution is -2.23. The Balaban J connectivity index is 1.68. The third-order valence-electron chi connectivity index (χ3n) is 6.35. The second kappa shape index (κ2) is 13.2. The molecule has 0 saturated carbocycles. The third kappa shape index (κ3) is 6.66. The number of methoxy groups -OCH3 is 1. The average Bonchev–Trinajstić information content (AvgIpc) is 2.96. The average molecular weight is 604 g/mol. The second-order valence-electron chi connectivity index (χ2n) is 9.21. The highest BCUT2D eigenvalue weighted by Gasteiger charge is 2.17. The van der Waals surface area contributed by atoms with Crippen LogP contribution in [0, 0.1) is 0 Å².